The number of aromatic nitrogens is 3. The number of hydrogen-bond acceptors (Lipinski definition) is 11. The van der Waals surface area contributed by atoms with Crippen molar-refractivity contribution < 1.29 is 41.7 Å². The van der Waals surface area contributed by atoms with Crippen LogP contribution in [0.15, 0.2) is 41.4 Å². The van der Waals surface area contributed by atoms with Gasteiger partial charge < -0.3 is 24.3 Å². The van der Waals surface area contributed by atoms with Gasteiger partial charge in [0.15, 0.2) is 15.5 Å². The van der Waals surface area contributed by atoms with Crippen molar-refractivity contribution >= 4 is 56.9 Å². The van der Waals surface area contributed by atoms with Crippen molar-refractivity contribution in [3.63, 3.8) is 0 Å². The Morgan fingerprint density at radius 1 is 1.12 bits per heavy atom. The molecule has 3 rings (SSSR count). The number of nitrogens with one attached hydrogen (secondary N) is 1. The molecule has 0 radical (unpaired) electrons. The van der Waals surface area contributed by atoms with Crippen LogP contribution in [0.5, 0.6) is 5.75 Å². The largest absolute Gasteiger partial charge is 0.495 e. The van der Waals surface area contributed by atoms with Gasteiger partial charge in [-0.05, 0) is 57.4 Å². The second-order valence-corrected chi connectivity index (χ2v) is 13.3. The zero-order chi connectivity index (χ0) is 32.1. The zero-order valence-corrected chi connectivity index (χ0v) is 26.4. The monoisotopic (exact) mass is 639 g/mol. The number of halogens is 1. The third-order valence-corrected chi connectivity index (χ3v) is 6.89. The molecule has 1 unspecified atom stereocenters. The van der Waals surface area contributed by atoms with E-state index >= 15 is 0 Å². The van der Waals surface area contributed by atoms with E-state index in [0.717, 1.165) is 11.2 Å². The number of nitrogens with zero attached hydrogens (tertiary/aromatic N) is 4. The lowest BCUT2D eigenvalue weighted by Crippen LogP contribution is -2.45. The number of anilines is 2. The topological polar surface area (TPSA) is 168 Å². The molecule has 16 heteroatoms. The van der Waals surface area contributed by atoms with Crippen LogP contribution in [0.4, 0.5) is 21.2 Å². The van der Waals surface area contributed by atoms with E-state index in [1.165, 1.54) is 36.0 Å². The molecule has 14 nitrogen and oxygen atoms in total. The average Bonchev–Trinajstić information content (AvgIpc) is 3.29. The van der Waals surface area contributed by atoms with Gasteiger partial charge in [0.25, 0.3) is 5.95 Å². The van der Waals surface area contributed by atoms with Gasteiger partial charge in [-0.3, -0.25) is 0 Å². The van der Waals surface area contributed by atoms with Crippen LogP contribution in [0.1, 0.15) is 41.0 Å². The fraction of sp³-hybridized carbons (Fsp3) is 0.444. The Hall–Kier alpha value is -4.11. The van der Waals surface area contributed by atoms with Gasteiger partial charge in [-0.15, -0.1) is 5.10 Å². The smallest absolute Gasteiger partial charge is 0.424 e. The molecule has 1 atom stereocenters. The van der Waals surface area contributed by atoms with E-state index < -0.39 is 46.4 Å². The number of methoxy groups -OCH3 is 1. The number of amides is 2. The van der Waals surface area contributed by atoms with E-state index in [0.29, 0.717) is 10.7 Å². The van der Waals surface area contributed by atoms with Gasteiger partial charge in [0.05, 0.1) is 22.7 Å². The van der Waals surface area contributed by atoms with Gasteiger partial charge in [-0.2, -0.15) is 4.98 Å². The number of carbonyl (C=O) groups excluding carboxylic acids is 3. The molecule has 0 saturated heterocycles. The van der Waals surface area contributed by atoms with Gasteiger partial charge in [-0.25, -0.2) is 32.2 Å². The number of hydrogen-bond donors (Lipinski definition) is 1. The Balaban J connectivity index is 1.87. The van der Waals surface area contributed by atoms with Crippen LogP contribution >= 0.6 is 11.6 Å². The summed E-state index contributed by atoms with van der Waals surface area (Å²) in [5.74, 6) is -1.03. The van der Waals surface area contributed by atoms with Gasteiger partial charge >= 0.3 is 18.2 Å². The highest BCUT2D eigenvalue weighted by Gasteiger charge is 2.30. The maximum atomic E-state index is 13.4. The Morgan fingerprint density at radius 2 is 1.81 bits per heavy atom. The standard InChI is InChI=1S/C27H34ClN5O9S/c1-16(2)12-19(29-25(35)42-27(3,4)5)23(34)40-15-41-26(36)33(24-30-22-11-8-17(28)14-32(22)31-24)20-10-9-18(43(7,37)38)13-21(20)39-6/h8-11,13-14,16,19H,12,15H2,1-7H3,(H,29,35). The molecular weight excluding hydrogens is 606 g/mol. The zero-order valence-electron chi connectivity index (χ0n) is 24.8. The van der Waals surface area contributed by atoms with Crippen molar-refractivity contribution in [2.75, 3.05) is 25.1 Å². The summed E-state index contributed by atoms with van der Waals surface area (Å²) in [7, 11) is -2.32. The summed E-state index contributed by atoms with van der Waals surface area (Å²) in [5.41, 5.74) is -0.412. The van der Waals surface area contributed by atoms with Gasteiger partial charge in [-0.1, -0.05) is 25.4 Å². The van der Waals surface area contributed by atoms with Crippen molar-refractivity contribution in [2.24, 2.45) is 5.92 Å². The highest BCUT2D eigenvalue weighted by Crippen LogP contribution is 2.35. The number of rotatable bonds is 10. The molecule has 234 valence electrons. The molecule has 0 aliphatic heterocycles. The molecule has 2 aromatic heterocycles. The van der Waals surface area contributed by atoms with E-state index in [1.54, 1.807) is 32.9 Å². The first-order chi connectivity index (χ1) is 20.0. The van der Waals surface area contributed by atoms with Crippen LogP contribution in [0, 0.1) is 5.92 Å². The maximum absolute atomic E-state index is 13.4. The minimum Gasteiger partial charge on any atom is -0.495 e. The van der Waals surface area contributed by atoms with Crippen LogP contribution in [0.2, 0.25) is 5.02 Å². The highest BCUT2D eigenvalue weighted by molar-refractivity contribution is 7.90. The molecule has 43 heavy (non-hydrogen) atoms. The molecule has 2 amide bonds. The Bertz CT molecular complexity index is 1600. The van der Waals surface area contributed by atoms with Gasteiger partial charge in [0.1, 0.15) is 17.4 Å². The van der Waals surface area contributed by atoms with Crippen LogP contribution in [0.3, 0.4) is 0 Å². The average molecular weight is 640 g/mol. The molecule has 0 saturated carbocycles. The molecule has 0 fully saturated rings. The van der Waals surface area contributed by atoms with E-state index in [2.05, 4.69) is 15.4 Å². The molecule has 2 heterocycles. The molecule has 0 spiro atoms. The van der Waals surface area contributed by atoms with Gasteiger partial charge in [0.2, 0.25) is 6.79 Å². The summed E-state index contributed by atoms with van der Waals surface area (Å²) in [6.07, 6.45) is 0.839. The first-order valence-electron chi connectivity index (χ1n) is 13.0. The number of benzene rings is 1. The maximum Gasteiger partial charge on any atom is 0.424 e. The van der Waals surface area contributed by atoms with Crippen molar-refractivity contribution in [1.29, 1.82) is 0 Å². The first kappa shape index (κ1) is 33.4. The number of alkyl carbamates (subject to hydrolysis) is 1. The lowest BCUT2D eigenvalue weighted by Gasteiger charge is -2.24. The second kappa shape index (κ2) is 13.5. The normalized spacial score (nSPS) is 12.5. The number of pyridine rings is 1. The summed E-state index contributed by atoms with van der Waals surface area (Å²) in [4.78, 5) is 43.8. The van der Waals surface area contributed by atoms with Crippen LogP contribution < -0.4 is 15.0 Å². The van der Waals surface area contributed by atoms with Crippen molar-refractivity contribution in [3.05, 3.63) is 41.6 Å². The quantitative estimate of drug-likeness (QED) is 0.245. The summed E-state index contributed by atoms with van der Waals surface area (Å²) < 4.78 is 46.6. The third kappa shape index (κ3) is 9.19. The number of fused-ring (bicyclic) bond motifs is 1. The summed E-state index contributed by atoms with van der Waals surface area (Å²) >= 11 is 6.06. The molecule has 0 aliphatic rings. The minimum atomic E-state index is -3.61. The Morgan fingerprint density at radius 3 is 2.42 bits per heavy atom. The lowest BCUT2D eigenvalue weighted by molar-refractivity contribution is -0.154. The highest BCUT2D eigenvalue weighted by atomic mass is 35.5. The van der Waals surface area contributed by atoms with Crippen LogP contribution in [-0.2, 0) is 28.8 Å². The summed E-state index contributed by atoms with van der Waals surface area (Å²) in [6.45, 7) is 7.93. The fourth-order valence-corrected chi connectivity index (χ4v) is 4.53. The SMILES string of the molecule is COc1cc(S(C)(=O)=O)ccc1N(C(=O)OCOC(=O)C(CC(C)C)NC(=O)OC(C)(C)C)c1nc2ccc(Cl)cn2n1. The minimum absolute atomic E-state index is 0.00234. The predicted octanol–water partition coefficient (Wildman–Crippen LogP) is 4.51. The molecule has 0 bridgehead atoms. The van der Waals surface area contributed by atoms with Crippen LogP contribution in [-0.4, -0.2) is 73.0 Å². The Labute approximate surface area is 254 Å². The molecular formula is C27H34ClN5O9S. The molecule has 0 aliphatic carbocycles. The number of sulfone groups is 1. The summed E-state index contributed by atoms with van der Waals surface area (Å²) in [5, 5.41) is 7.13. The molecule has 1 N–H and O–H groups in total. The number of ether oxygens (including phenoxy) is 4. The number of esters is 1. The van der Waals surface area contributed by atoms with Crippen molar-refractivity contribution in [2.45, 2.75) is 57.6 Å². The van der Waals surface area contributed by atoms with E-state index in [4.69, 9.17) is 30.5 Å². The first-order valence-corrected chi connectivity index (χ1v) is 15.3. The van der Waals surface area contributed by atoms with Gasteiger partial charge in [0, 0.05) is 18.5 Å². The predicted molar refractivity (Wildman–Crippen MR) is 156 cm³/mol. The molecule has 3 aromatic rings. The van der Waals surface area contributed by atoms with E-state index in [1.807, 2.05) is 13.8 Å². The number of carbonyl (C=O) groups is 3. The molecule has 1 aromatic carbocycles. The van der Waals surface area contributed by atoms with Crippen molar-refractivity contribution in [3.8, 4) is 5.75 Å². The van der Waals surface area contributed by atoms with E-state index in [9.17, 15) is 22.8 Å². The van der Waals surface area contributed by atoms with Crippen LogP contribution in [0.25, 0.3) is 5.65 Å². The lowest BCUT2D eigenvalue weighted by atomic mass is 10.0. The fourth-order valence-electron chi connectivity index (χ4n) is 3.74. The Kier molecular flexibility index (Phi) is 10.5. The second-order valence-electron chi connectivity index (χ2n) is 10.8. The third-order valence-electron chi connectivity index (χ3n) is 5.55. The van der Waals surface area contributed by atoms with Crippen molar-refractivity contribution in [1.82, 2.24) is 19.9 Å². The summed E-state index contributed by atoms with van der Waals surface area (Å²) in [6, 6.07) is 5.91. The van der Waals surface area contributed by atoms with E-state index in [-0.39, 0.29) is 34.6 Å².